The van der Waals surface area contributed by atoms with E-state index in [0.29, 0.717) is 11.0 Å². The topological polar surface area (TPSA) is 25.2 Å². The summed E-state index contributed by atoms with van der Waals surface area (Å²) in [7, 11) is 0. The third kappa shape index (κ3) is 2.80. The van der Waals surface area contributed by atoms with Crippen molar-refractivity contribution in [1.29, 1.82) is 0 Å². The summed E-state index contributed by atoms with van der Waals surface area (Å²) in [6.07, 6.45) is 6.37. The lowest BCUT2D eigenvalue weighted by molar-refractivity contribution is 0.461. The zero-order valence-electron chi connectivity index (χ0n) is 7.51. The van der Waals surface area contributed by atoms with E-state index in [0.717, 1.165) is 13.0 Å². The monoisotopic (exact) mass is 197 g/mol. The zero-order valence-corrected chi connectivity index (χ0v) is 8.27. The van der Waals surface area contributed by atoms with Gasteiger partial charge in [0.25, 0.3) is 0 Å². The van der Waals surface area contributed by atoms with Gasteiger partial charge in [-0.25, -0.2) is 0 Å². The van der Waals surface area contributed by atoms with E-state index in [2.05, 4.69) is 18.2 Å². The van der Waals surface area contributed by atoms with Gasteiger partial charge in [0.1, 0.15) is 11.8 Å². The third-order valence-corrected chi connectivity index (χ3v) is 1.85. The molecule has 1 aromatic heterocycles. The minimum atomic E-state index is -0.174. The van der Waals surface area contributed by atoms with E-state index in [1.807, 2.05) is 0 Å². The maximum Gasteiger partial charge on any atom is 0.193 e. The van der Waals surface area contributed by atoms with Crippen molar-refractivity contribution >= 4 is 11.6 Å². The molecule has 0 saturated heterocycles. The van der Waals surface area contributed by atoms with Crippen LogP contribution in [0.4, 0.5) is 0 Å². The van der Waals surface area contributed by atoms with Crippen molar-refractivity contribution in [3.63, 3.8) is 0 Å². The minimum absolute atomic E-state index is 0.174. The van der Waals surface area contributed by atoms with Gasteiger partial charge in [0.15, 0.2) is 5.22 Å². The van der Waals surface area contributed by atoms with E-state index in [1.165, 1.54) is 0 Å². The molecular weight excluding hydrogens is 186 g/mol. The standard InChI is InChI=1S/C10H12ClNO/c1-3-7-12-8(4-2)9-5-6-10(11)13-9/h2,5-6,8,12H,3,7H2,1H3. The number of rotatable bonds is 4. The summed E-state index contributed by atoms with van der Waals surface area (Å²) < 4.78 is 5.19. The molecule has 1 N–H and O–H groups in total. The fourth-order valence-corrected chi connectivity index (χ4v) is 1.17. The van der Waals surface area contributed by atoms with Crippen LogP contribution in [0.15, 0.2) is 16.5 Å². The van der Waals surface area contributed by atoms with Gasteiger partial charge in [-0.1, -0.05) is 12.8 Å². The normalized spacial score (nSPS) is 12.4. The van der Waals surface area contributed by atoms with E-state index in [-0.39, 0.29) is 6.04 Å². The van der Waals surface area contributed by atoms with E-state index >= 15 is 0 Å². The second-order valence-electron chi connectivity index (χ2n) is 2.70. The Kier molecular flexibility index (Phi) is 3.88. The third-order valence-electron chi connectivity index (χ3n) is 1.64. The van der Waals surface area contributed by atoms with Crippen LogP contribution in [-0.4, -0.2) is 6.54 Å². The SMILES string of the molecule is C#CC(NCCC)c1ccc(Cl)o1. The smallest absolute Gasteiger partial charge is 0.193 e. The highest BCUT2D eigenvalue weighted by atomic mass is 35.5. The second kappa shape index (κ2) is 4.96. The summed E-state index contributed by atoms with van der Waals surface area (Å²) in [5.74, 6) is 3.30. The molecule has 0 fully saturated rings. The van der Waals surface area contributed by atoms with Crippen LogP contribution in [0.1, 0.15) is 25.1 Å². The van der Waals surface area contributed by atoms with Crippen molar-refractivity contribution in [1.82, 2.24) is 5.32 Å². The molecule has 70 valence electrons. The Morgan fingerprint density at radius 2 is 2.46 bits per heavy atom. The molecule has 13 heavy (non-hydrogen) atoms. The van der Waals surface area contributed by atoms with Crippen molar-refractivity contribution in [3.8, 4) is 12.3 Å². The molecule has 0 aliphatic rings. The maximum absolute atomic E-state index is 5.63. The average molecular weight is 198 g/mol. The van der Waals surface area contributed by atoms with E-state index in [1.54, 1.807) is 12.1 Å². The predicted octanol–water partition coefficient (Wildman–Crippen LogP) is 2.61. The van der Waals surface area contributed by atoms with Gasteiger partial charge >= 0.3 is 0 Å². The molecule has 0 amide bonds. The van der Waals surface area contributed by atoms with Gasteiger partial charge in [0, 0.05) is 0 Å². The minimum Gasteiger partial charge on any atom is -0.447 e. The van der Waals surface area contributed by atoms with Gasteiger partial charge < -0.3 is 4.42 Å². The Morgan fingerprint density at radius 3 is 2.92 bits per heavy atom. The van der Waals surface area contributed by atoms with Crippen LogP contribution in [0.5, 0.6) is 0 Å². The number of terminal acetylenes is 1. The molecule has 1 heterocycles. The average Bonchev–Trinajstić information content (AvgIpc) is 2.54. The first-order chi connectivity index (χ1) is 6.27. The summed E-state index contributed by atoms with van der Waals surface area (Å²) in [4.78, 5) is 0. The molecular formula is C10H12ClNO. The first-order valence-corrected chi connectivity index (χ1v) is 4.60. The van der Waals surface area contributed by atoms with Gasteiger partial charge in [-0.15, -0.1) is 6.42 Å². The Bertz CT molecular complexity index is 300. The molecule has 1 rings (SSSR count). The molecule has 0 bridgehead atoms. The largest absolute Gasteiger partial charge is 0.447 e. The van der Waals surface area contributed by atoms with Crippen molar-refractivity contribution in [3.05, 3.63) is 23.1 Å². The van der Waals surface area contributed by atoms with E-state index in [4.69, 9.17) is 22.4 Å². The van der Waals surface area contributed by atoms with E-state index < -0.39 is 0 Å². The highest BCUT2D eigenvalue weighted by Gasteiger charge is 2.10. The maximum atomic E-state index is 5.63. The number of furan rings is 1. The van der Waals surface area contributed by atoms with Crippen molar-refractivity contribution in [2.24, 2.45) is 0 Å². The first-order valence-electron chi connectivity index (χ1n) is 4.22. The molecule has 3 heteroatoms. The summed E-state index contributed by atoms with van der Waals surface area (Å²) in [6, 6.07) is 3.30. The lowest BCUT2D eigenvalue weighted by Gasteiger charge is -2.08. The van der Waals surface area contributed by atoms with Crippen LogP contribution in [0, 0.1) is 12.3 Å². The summed E-state index contributed by atoms with van der Waals surface area (Å²) >= 11 is 5.63. The van der Waals surface area contributed by atoms with E-state index in [9.17, 15) is 0 Å². The second-order valence-corrected chi connectivity index (χ2v) is 3.07. The molecule has 1 aromatic rings. The Balaban J connectivity index is 2.63. The van der Waals surface area contributed by atoms with Crippen molar-refractivity contribution < 1.29 is 4.42 Å². The fraction of sp³-hybridized carbons (Fsp3) is 0.400. The molecule has 2 nitrogen and oxygen atoms in total. The summed E-state index contributed by atoms with van der Waals surface area (Å²) in [6.45, 7) is 2.95. The van der Waals surface area contributed by atoms with Gasteiger partial charge in [0.05, 0.1) is 0 Å². The van der Waals surface area contributed by atoms with Crippen molar-refractivity contribution in [2.45, 2.75) is 19.4 Å². The van der Waals surface area contributed by atoms with Crippen LogP contribution < -0.4 is 5.32 Å². The number of hydrogen-bond acceptors (Lipinski definition) is 2. The van der Waals surface area contributed by atoms with Gasteiger partial charge in [-0.05, 0) is 36.7 Å². The fourth-order valence-electron chi connectivity index (χ4n) is 1.01. The molecule has 0 radical (unpaired) electrons. The van der Waals surface area contributed by atoms with Crippen LogP contribution in [0.2, 0.25) is 5.22 Å². The highest BCUT2D eigenvalue weighted by molar-refractivity contribution is 6.28. The van der Waals surface area contributed by atoms with Crippen LogP contribution in [-0.2, 0) is 0 Å². The summed E-state index contributed by atoms with van der Waals surface area (Å²) in [5.41, 5.74) is 0. The van der Waals surface area contributed by atoms with Gasteiger partial charge in [-0.3, -0.25) is 5.32 Å². The van der Waals surface area contributed by atoms with Crippen LogP contribution in [0.25, 0.3) is 0 Å². The molecule has 0 aliphatic carbocycles. The molecule has 1 atom stereocenters. The van der Waals surface area contributed by atoms with Crippen LogP contribution >= 0.6 is 11.6 Å². The Labute approximate surface area is 83.3 Å². The zero-order chi connectivity index (χ0) is 9.68. The lowest BCUT2D eigenvalue weighted by Crippen LogP contribution is -2.20. The van der Waals surface area contributed by atoms with Gasteiger partial charge in [-0.2, -0.15) is 0 Å². The molecule has 0 saturated carbocycles. The Hall–Kier alpha value is -0.910. The highest BCUT2D eigenvalue weighted by Crippen LogP contribution is 2.19. The van der Waals surface area contributed by atoms with Crippen molar-refractivity contribution in [2.75, 3.05) is 6.54 Å². The number of nitrogens with one attached hydrogen (secondary N) is 1. The number of halogens is 1. The lowest BCUT2D eigenvalue weighted by atomic mass is 10.2. The first kappa shape index (κ1) is 10.2. The molecule has 0 aliphatic heterocycles. The quantitative estimate of drug-likeness (QED) is 0.751. The Morgan fingerprint density at radius 1 is 1.69 bits per heavy atom. The molecule has 0 spiro atoms. The van der Waals surface area contributed by atoms with Gasteiger partial charge in [0.2, 0.25) is 0 Å². The molecule has 1 unspecified atom stereocenters. The number of hydrogen-bond donors (Lipinski definition) is 1. The molecule has 0 aromatic carbocycles. The predicted molar refractivity (Wildman–Crippen MR) is 53.6 cm³/mol. The summed E-state index contributed by atoms with van der Waals surface area (Å²) in [5, 5.41) is 3.53. The van der Waals surface area contributed by atoms with Crippen LogP contribution in [0.3, 0.4) is 0 Å².